The normalized spacial score (nSPS) is 36.7. The van der Waals surface area contributed by atoms with Crippen molar-refractivity contribution < 1.29 is 4.79 Å². The second kappa shape index (κ2) is 2.21. The van der Waals surface area contributed by atoms with Crippen LogP contribution >= 0.6 is 0 Å². The van der Waals surface area contributed by atoms with Crippen LogP contribution in [0.2, 0.25) is 0 Å². The van der Waals surface area contributed by atoms with Crippen LogP contribution < -0.4 is 0 Å². The van der Waals surface area contributed by atoms with E-state index in [9.17, 15) is 4.79 Å². The largest absolute Gasteiger partial charge is 0.341 e. The maximum absolute atomic E-state index is 11.0. The molecule has 0 radical (unpaired) electrons. The minimum absolute atomic E-state index is 0.229. The van der Waals surface area contributed by atoms with Crippen molar-refractivity contribution in [2.75, 3.05) is 26.7 Å². The summed E-state index contributed by atoms with van der Waals surface area (Å²) >= 11 is 0. The minimum Gasteiger partial charge on any atom is -0.341 e. The number of amides is 1. The van der Waals surface area contributed by atoms with Crippen molar-refractivity contribution in [3.63, 3.8) is 0 Å². The average molecular weight is 154 g/mol. The van der Waals surface area contributed by atoms with Crippen molar-refractivity contribution in [1.82, 2.24) is 9.80 Å². The van der Waals surface area contributed by atoms with E-state index >= 15 is 0 Å². The Kier molecular flexibility index (Phi) is 1.42. The van der Waals surface area contributed by atoms with E-state index in [2.05, 4.69) is 11.9 Å². The zero-order chi connectivity index (χ0) is 8.01. The molecule has 11 heavy (non-hydrogen) atoms. The lowest BCUT2D eigenvalue weighted by atomic mass is 9.93. The number of likely N-dealkylation sites (N-methyl/N-ethyl adjacent to an activating group) is 1. The molecule has 2 rings (SSSR count). The first-order chi connectivity index (χ1) is 5.18. The van der Waals surface area contributed by atoms with Crippen LogP contribution in [0.15, 0.2) is 0 Å². The fraction of sp³-hybridized carbons (Fsp3) is 0.875. The minimum atomic E-state index is 0.229. The van der Waals surface area contributed by atoms with E-state index < -0.39 is 0 Å². The fourth-order valence-corrected chi connectivity index (χ4v) is 2.16. The summed E-state index contributed by atoms with van der Waals surface area (Å²) in [4.78, 5) is 15.3. The maximum atomic E-state index is 11.0. The molecule has 0 aromatic carbocycles. The van der Waals surface area contributed by atoms with Crippen LogP contribution in [0.5, 0.6) is 0 Å². The summed E-state index contributed by atoms with van der Waals surface area (Å²) in [5.41, 5.74) is 0. The van der Waals surface area contributed by atoms with E-state index in [4.69, 9.17) is 0 Å². The quantitative estimate of drug-likeness (QED) is 0.481. The Morgan fingerprint density at radius 1 is 1.36 bits per heavy atom. The predicted octanol–water partition coefficient (Wildman–Crippen LogP) is -0.221. The van der Waals surface area contributed by atoms with Gasteiger partial charge in [-0.1, -0.05) is 0 Å². The Morgan fingerprint density at radius 3 is 2.55 bits per heavy atom. The van der Waals surface area contributed by atoms with Crippen LogP contribution in [0.25, 0.3) is 0 Å². The summed E-state index contributed by atoms with van der Waals surface area (Å²) in [5.74, 6) is 0.997. The Balaban J connectivity index is 1.98. The summed E-state index contributed by atoms with van der Waals surface area (Å²) in [7, 11) is 2.13. The Morgan fingerprint density at radius 2 is 2.09 bits per heavy atom. The summed E-state index contributed by atoms with van der Waals surface area (Å²) in [6, 6.07) is 0.666. The topological polar surface area (TPSA) is 23.6 Å². The fourth-order valence-electron chi connectivity index (χ4n) is 2.16. The Hall–Kier alpha value is -0.570. The first-order valence-corrected chi connectivity index (χ1v) is 4.14. The molecule has 0 aliphatic carbocycles. The van der Waals surface area contributed by atoms with Gasteiger partial charge in [-0.15, -0.1) is 0 Å². The average Bonchev–Trinajstić information content (AvgIpc) is 2.26. The molecule has 2 saturated heterocycles. The molecule has 0 aromatic heterocycles. The van der Waals surface area contributed by atoms with Gasteiger partial charge >= 0.3 is 0 Å². The summed E-state index contributed by atoms with van der Waals surface area (Å²) in [5, 5.41) is 0. The van der Waals surface area contributed by atoms with Gasteiger partial charge in [-0.25, -0.2) is 0 Å². The van der Waals surface area contributed by atoms with Crippen LogP contribution in [0.4, 0.5) is 0 Å². The summed E-state index contributed by atoms with van der Waals surface area (Å²) < 4.78 is 0. The van der Waals surface area contributed by atoms with E-state index in [-0.39, 0.29) is 5.91 Å². The van der Waals surface area contributed by atoms with Gasteiger partial charge in [-0.05, 0) is 7.05 Å². The highest BCUT2D eigenvalue weighted by Gasteiger charge is 2.43. The molecule has 2 fully saturated rings. The van der Waals surface area contributed by atoms with Crippen LogP contribution in [0, 0.1) is 5.92 Å². The first-order valence-electron chi connectivity index (χ1n) is 4.14. The number of nitrogens with zero attached hydrogens (tertiary/aromatic N) is 2. The monoisotopic (exact) mass is 154 g/mol. The molecule has 0 spiro atoms. The molecule has 0 N–H and O–H groups in total. The maximum Gasteiger partial charge on any atom is 0.219 e. The van der Waals surface area contributed by atoms with Gasteiger partial charge in [0.1, 0.15) is 0 Å². The second-order valence-electron chi connectivity index (χ2n) is 3.69. The van der Waals surface area contributed by atoms with Gasteiger partial charge in [-0.3, -0.25) is 4.79 Å². The van der Waals surface area contributed by atoms with E-state index in [1.165, 1.54) is 6.54 Å². The van der Waals surface area contributed by atoms with E-state index in [1.807, 2.05) is 4.90 Å². The SMILES string of the molecule is CC(=O)N1CC2CN(C)C2C1. The van der Waals surface area contributed by atoms with Crippen molar-refractivity contribution in [2.24, 2.45) is 5.92 Å². The highest BCUT2D eigenvalue weighted by molar-refractivity contribution is 5.73. The zero-order valence-corrected chi connectivity index (χ0v) is 7.08. The Bertz CT molecular complexity index is 193. The smallest absolute Gasteiger partial charge is 0.219 e. The van der Waals surface area contributed by atoms with Crippen LogP contribution in [-0.4, -0.2) is 48.4 Å². The van der Waals surface area contributed by atoms with E-state index in [0.717, 1.165) is 19.0 Å². The molecule has 2 aliphatic rings. The zero-order valence-electron chi connectivity index (χ0n) is 7.08. The van der Waals surface area contributed by atoms with E-state index in [0.29, 0.717) is 6.04 Å². The van der Waals surface area contributed by atoms with Gasteiger partial charge in [0, 0.05) is 38.5 Å². The van der Waals surface area contributed by atoms with Crippen LogP contribution in [0.3, 0.4) is 0 Å². The lowest BCUT2D eigenvalue weighted by molar-refractivity contribution is -0.127. The molecular weight excluding hydrogens is 140 g/mol. The summed E-state index contributed by atoms with van der Waals surface area (Å²) in [6.07, 6.45) is 0. The van der Waals surface area contributed by atoms with Gasteiger partial charge in [0.05, 0.1) is 0 Å². The molecule has 1 amide bonds. The van der Waals surface area contributed by atoms with Crippen molar-refractivity contribution in [2.45, 2.75) is 13.0 Å². The second-order valence-corrected chi connectivity index (χ2v) is 3.69. The number of hydrogen-bond acceptors (Lipinski definition) is 2. The first kappa shape index (κ1) is 7.10. The Labute approximate surface area is 67.0 Å². The molecule has 2 atom stereocenters. The number of carbonyl (C=O) groups excluding carboxylic acids is 1. The molecule has 2 unspecified atom stereocenters. The number of hydrogen-bond donors (Lipinski definition) is 0. The van der Waals surface area contributed by atoms with E-state index in [1.54, 1.807) is 6.92 Å². The van der Waals surface area contributed by atoms with Crippen molar-refractivity contribution in [3.05, 3.63) is 0 Å². The lowest BCUT2D eigenvalue weighted by Crippen LogP contribution is -2.52. The highest BCUT2D eigenvalue weighted by Crippen LogP contribution is 2.30. The molecule has 2 aliphatic heterocycles. The molecular formula is C8H14N2O. The molecule has 0 aromatic rings. The number of rotatable bonds is 0. The standard InChI is InChI=1S/C8H14N2O/c1-6(11)10-4-7-3-9(2)8(7)5-10/h7-8H,3-5H2,1-2H3. The molecule has 0 saturated carbocycles. The molecule has 3 nitrogen and oxygen atoms in total. The molecule has 0 bridgehead atoms. The lowest BCUT2D eigenvalue weighted by Gasteiger charge is -2.40. The number of fused-ring (bicyclic) bond motifs is 1. The van der Waals surface area contributed by atoms with Crippen LogP contribution in [-0.2, 0) is 4.79 Å². The third-order valence-electron chi connectivity index (χ3n) is 2.94. The van der Waals surface area contributed by atoms with Gasteiger partial charge in [0.15, 0.2) is 0 Å². The van der Waals surface area contributed by atoms with Gasteiger partial charge < -0.3 is 9.80 Å². The third kappa shape index (κ3) is 0.948. The van der Waals surface area contributed by atoms with Crippen molar-refractivity contribution >= 4 is 5.91 Å². The number of likely N-dealkylation sites (tertiary alicyclic amines) is 2. The molecule has 3 heteroatoms. The predicted molar refractivity (Wildman–Crippen MR) is 42.2 cm³/mol. The highest BCUT2D eigenvalue weighted by atomic mass is 16.2. The van der Waals surface area contributed by atoms with Gasteiger partial charge in [0.2, 0.25) is 5.91 Å². The molecule has 62 valence electrons. The summed E-state index contributed by atoms with van der Waals surface area (Å²) in [6.45, 7) is 4.78. The van der Waals surface area contributed by atoms with Crippen molar-refractivity contribution in [1.29, 1.82) is 0 Å². The van der Waals surface area contributed by atoms with Crippen molar-refractivity contribution in [3.8, 4) is 0 Å². The van der Waals surface area contributed by atoms with Gasteiger partial charge in [0.25, 0.3) is 0 Å². The van der Waals surface area contributed by atoms with Crippen LogP contribution in [0.1, 0.15) is 6.92 Å². The molecule has 2 heterocycles. The van der Waals surface area contributed by atoms with Gasteiger partial charge in [-0.2, -0.15) is 0 Å². The third-order valence-corrected chi connectivity index (χ3v) is 2.94. The number of carbonyl (C=O) groups is 1.